The summed E-state index contributed by atoms with van der Waals surface area (Å²) >= 11 is 0. The van der Waals surface area contributed by atoms with Gasteiger partial charge >= 0.3 is 0 Å². The van der Waals surface area contributed by atoms with Crippen molar-refractivity contribution < 1.29 is 9.47 Å². The van der Waals surface area contributed by atoms with E-state index in [2.05, 4.69) is 5.32 Å². The molecule has 0 heterocycles. The summed E-state index contributed by atoms with van der Waals surface area (Å²) in [6.45, 7) is 3.57. The van der Waals surface area contributed by atoms with Gasteiger partial charge in [0.15, 0.2) is 0 Å². The highest BCUT2D eigenvalue weighted by Crippen LogP contribution is 2.39. The standard InChI is InChI=1S/C15H29NO2/c1-17-11-12-18-10-9-15(7-3-2-4-8-15)13-16-14-5-6-14/h14,16H,2-13H2,1H3. The molecule has 0 aromatic heterocycles. The third-order valence-corrected chi connectivity index (χ3v) is 4.47. The fourth-order valence-electron chi connectivity index (χ4n) is 3.00. The summed E-state index contributed by atoms with van der Waals surface area (Å²) in [5, 5.41) is 3.74. The Morgan fingerprint density at radius 1 is 1.06 bits per heavy atom. The molecule has 0 bridgehead atoms. The van der Waals surface area contributed by atoms with E-state index in [1.54, 1.807) is 7.11 Å². The van der Waals surface area contributed by atoms with E-state index in [1.807, 2.05) is 0 Å². The van der Waals surface area contributed by atoms with Gasteiger partial charge in [-0.1, -0.05) is 19.3 Å². The quantitative estimate of drug-likeness (QED) is 0.643. The average Bonchev–Trinajstić information content (AvgIpc) is 3.22. The lowest BCUT2D eigenvalue weighted by Gasteiger charge is -2.37. The third-order valence-electron chi connectivity index (χ3n) is 4.47. The largest absolute Gasteiger partial charge is 0.382 e. The Morgan fingerprint density at radius 2 is 1.83 bits per heavy atom. The highest BCUT2D eigenvalue weighted by Gasteiger charge is 2.33. The van der Waals surface area contributed by atoms with E-state index in [0.29, 0.717) is 12.0 Å². The third kappa shape index (κ3) is 4.87. The summed E-state index contributed by atoms with van der Waals surface area (Å²) < 4.78 is 10.7. The first kappa shape index (κ1) is 14.3. The summed E-state index contributed by atoms with van der Waals surface area (Å²) in [5.41, 5.74) is 0.522. The Balaban J connectivity index is 1.68. The van der Waals surface area contributed by atoms with Crippen LogP contribution in [0.25, 0.3) is 0 Å². The van der Waals surface area contributed by atoms with Crippen molar-refractivity contribution >= 4 is 0 Å². The van der Waals surface area contributed by atoms with Crippen molar-refractivity contribution in [2.75, 3.05) is 33.5 Å². The normalized spacial score (nSPS) is 23.2. The van der Waals surface area contributed by atoms with Crippen molar-refractivity contribution in [3.63, 3.8) is 0 Å². The Bertz CT molecular complexity index is 223. The van der Waals surface area contributed by atoms with Gasteiger partial charge in [0.05, 0.1) is 13.2 Å². The molecule has 3 nitrogen and oxygen atoms in total. The van der Waals surface area contributed by atoms with Crippen LogP contribution in [0.2, 0.25) is 0 Å². The van der Waals surface area contributed by atoms with E-state index in [9.17, 15) is 0 Å². The summed E-state index contributed by atoms with van der Waals surface area (Å²) in [4.78, 5) is 0. The number of rotatable bonds is 9. The number of hydrogen-bond acceptors (Lipinski definition) is 3. The van der Waals surface area contributed by atoms with Gasteiger partial charge < -0.3 is 14.8 Å². The molecule has 0 atom stereocenters. The van der Waals surface area contributed by atoms with Crippen LogP contribution in [0, 0.1) is 5.41 Å². The molecule has 2 aliphatic rings. The smallest absolute Gasteiger partial charge is 0.0700 e. The summed E-state index contributed by atoms with van der Waals surface area (Å²) in [6.07, 6.45) is 11.0. The van der Waals surface area contributed by atoms with Crippen LogP contribution in [0.1, 0.15) is 51.4 Å². The van der Waals surface area contributed by atoms with E-state index < -0.39 is 0 Å². The molecule has 106 valence electrons. The van der Waals surface area contributed by atoms with Crippen molar-refractivity contribution in [1.29, 1.82) is 0 Å². The lowest BCUT2D eigenvalue weighted by molar-refractivity contribution is 0.0413. The maximum Gasteiger partial charge on any atom is 0.0700 e. The Hall–Kier alpha value is -0.120. The predicted molar refractivity (Wildman–Crippen MR) is 73.9 cm³/mol. The Morgan fingerprint density at radius 3 is 2.50 bits per heavy atom. The minimum atomic E-state index is 0.522. The lowest BCUT2D eigenvalue weighted by atomic mass is 9.72. The first-order valence-electron chi connectivity index (χ1n) is 7.65. The fraction of sp³-hybridized carbons (Fsp3) is 1.00. The molecular weight excluding hydrogens is 226 g/mol. The second kappa shape index (κ2) is 7.46. The van der Waals surface area contributed by atoms with E-state index in [4.69, 9.17) is 9.47 Å². The number of hydrogen-bond donors (Lipinski definition) is 1. The molecule has 0 saturated heterocycles. The van der Waals surface area contributed by atoms with Gasteiger partial charge in [0, 0.05) is 26.3 Å². The molecule has 0 aliphatic heterocycles. The van der Waals surface area contributed by atoms with Crippen LogP contribution >= 0.6 is 0 Å². The molecule has 0 aromatic carbocycles. The zero-order valence-electron chi connectivity index (χ0n) is 11.9. The second-order valence-corrected chi connectivity index (χ2v) is 6.07. The maximum atomic E-state index is 5.67. The summed E-state index contributed by atoms with van der Waals surface area (Å²) in [6, 6.07) is 0.832. The van der Waals surface area contributed by atoms with Crippen LogP contribution in [0.15, 0.2) is 0 Å². The highest BCUT2D eigenvalue weighted by atomic mass is 16.5. The van der Waals surface area contributed by atoms with Gasteiger partial charge in [-0.25, -0.2) is 0 Å². The van der Waals surface area contributed by atoms with Crippen molar-refractivity contribution in [3.05, 3.63) is 0 Å². The molecule has 1 N–H and O–H groups in total. The molecule has 3 heteroatoms. The molecule has 2 rings (SSSR count). The summed E-state index contributed by atoms with van der Waals surface area (Å²) in [7, 11) is 1.73. The molecule has 0 amide bonds. The monoisotopic (exact) mass is 255 g/mol. The molecule has 18 heavy (non-hydrogen) atoms. The first-order valence-corrected chi connectivity index (χ1v) is 7.65. The number of methoxy groups -OCH3 is 1. The minimum Gasteiger partial charge on any atom is -0.382 e. The molecule has 0 radical (unpaired) electrons. The SMILES string of the molecule is COCCOCCC1(CNC2CC2)CCCCC1. The second-order valence-electron chi connectivity index (χ2n) is 6.07. The van der Waals surface area contributed by atoms with Crippen molar-refractivity contribution in [2.45, 2.75) is 57.4 Å². The molecule has 2 aliphatic carbocycles. The summed E-state index contributed by atoms with van der Waals surface area (Å²) in [5.74, 6) is 0. The number of nitrogens with one attached hydrogen (secondary N) is 1. The van der Waals surface area contributed by atoms with Crippen LogP contribution in [0.4, 0.5) is 0 Å². The van der Waals surface area contributed by atoms with Gasteiger partial charge in [0.1, 0.15) is 0 Å². The van der Waals surface area contributed by atoms with Crippen molar-refractivity contribution in [2.24, 2.45) is 5.41 Å². The molecule has 0 unspecified atom stereocenters. The topological polar surface area (TPSA) is 30.5 Å². The average molecular weight is 255 g/mol. The van der Waals surface area contributed by atoms with E-state index in [-0.39, 0.29) is 0 Å². The number of ether oxygens (including phenoxy) is 2. The fourth-order valence-corrected chi connectivity index (χ4v) is 3.00. The van der Waals surface area contributed by atoms with Crippen molar-refractivity contribution in [3.8, 4) is 0 Å². The molecule has 2 fully saturated rings. The zero-order valence-corrected chi connectivity index (χ0v) is 11.9. The van der Waals surface area contributed by atoms with Crippen LogP contribution in [-0.4, -0.2) is 39.5 Å². The molecular formula is C15H29NO2. The maximum absolute atomic E-state index is 5.67. The van der Waals surface area contributed by atoms with Gasteiger partial charge in [0.25, 0.3) is 0 Å². The highest BCUT2D eigenvalue weighted by molar-refractivity contribution is 4.89. The van der Waals surface area contributed by atoms with Gasteiger partial charge in [-0.2, -0.15) is 0 Å². The van der Waals surface area contributed by atoms with Gasteiger partial charge in [-0.05, 0) is 37.5 Å². The molecule has 2 saturated carbocycles. The minimum absolute atomic E-state index is 0.522. The van der Waals surface area contributed by atoms with Gasteiger partial charge in [-0.15, -0.1) is 0 Å². The van der Waals surface area contributed by atoms with Crippen LogP contribution in [-0.2, 0) is 9.47 Å². The predicted octanol–water partition coefficient (Wildman–Crippen LogP) is 2.74. The lowest BCUT2D eigenvalue weighted by Crippen LogP contribution is -2.38. The van der Waals surface area contributed by atoms with Crippen LogP contribution in [0.5, 0.6) is 0 Å². The molecule has 0 aromatic rings. The zero-order chi connectivity index (χ0) is 12.7. The van der Waals surface area contributed by atoms with Gasteiger partial charge in [0.2, 0.25) is 0 Å². The van der Waals surface area contributed by atoms with Crippen LogP contribution in [0.3, 0.4) is 0 Å². The first-order chi connectivity index (χ1) is 8.85. The van der Waals surface area contributed by atoms with E-state index >= 15 is 0 Å². The van der Waals surface area contributed by atoms with E-state index in [1.165, 1.54) is 57.9 Å². The van der Waals surface area contributed by atoms with Crippen molar-refractivity contribution in [1.82, 2.24) is 5.32 Å². The van der Waals surface area contributed by atoms with Gasteiger partial charge in [-0.3, -0.25) is 0 Å². The Kier molecular flexibility index (Phi) is 5.93. The molecule has 0 spiro atoms. The Labute approximate surface area is 112 Å². The van der Waals surface area contributed by atoms with E-state index in [0.717, 1.165) is 19.3 Å². The van der Waals surface area contributed by atoms with Crippen LogP contribution < -0.4 is 5.32 Å².